The van der Waals surface area contributed by atoms with Crippen molar-refractivity contribution in [1.82, 2.24) is 0 Å². The number of ether oxygens (including phenoxy) is 2. The van der Waals surface area contributed by atoms with E-state index in [0.29, 0.717) is 0 Å². The molecule has 0 aliphatic rings. The van der Waals surface area contributed by atoms with Crippen molar-refractivity contribution in [2.75, 3.05) is 13.2 Å². The minimum Gasteiger partial charge on any atom is -0.406 e. The second-order valence-electron chi connectivity index (χ2n) is 3.92. The number of halogens is 6. The van der Waals surface area contributed by atoms with E-state index in [2.05, 4.69) is 9.47 Å². The summed E-state index contributed by atoms with van der Waals surface area (Å²) >= 11 is 0. The van der Waals surface area contributed by atoms with Gasteiger partial charge in [0.2, 0.25) is 0 Å². The molecule has 0 amide bonds. The van der Waals surface area contributed by atoms with E-state index >= 15 is 0 Å². The number of ketones is 1. The van der Waals surface area contributed by atoms with E-state index in [4.69, 9.17) is 0 Å². The number of hydrogen-bond acceptors (Lipinski definition) is 3. The summed E-state index contributed by atoms with van der Waals surface area (Å²) in [4.78, 5) is 11.6. The normalized spacial score (nSPS) is 12.3. The molecule has 0 unspecified atom stereocenters. The van der Waals surface area contributed by atoms with Gasteiger partial charge in [-0.1, -0.05) is 12.1 Å². The first-order valence-corrected chi connectivity index (χ1v) is 5.60. The fraction of sp³-hybridized carbons (Fsp3) is 0.417. The first-order chi connectivity index (χ1) is 9.57. The van der Waals surface area contributed by atoms with E-state index < -0.39 is 37.3 Å². The molecule has 118 valence electrons. The maximum absolute atomic E-state index is 12.0. The highest BCUT2D eigenvalue weighted by Gasteiger charge is 2.31. The van der Waals surface area contributed by atoms with Crippen LogP contribution in [0.1, 0.15) is 16.8 Å². The molecular formula is C12H10F6O3. The zero-order chi connectivity index (χ0) is 16.1. The molecule has 0 aliphatic heterocycles. The Morgan fingerprint density at radius 1 is 1.10 bits per heavy atom. The Bertz CT molecular complexity index is 481. The van der Waals surface area contributed by atoms with E-state index in [9.17, 15) is 31.1 Å². The van der Waals surface area contributed by atoms with Crippen molar-refractivity contribution in [1.29, 1.82) is 0 Å². The molecule has 1 aromatic carbocycles. The third-order valence-corrected chi connectivity index (χ3v) is 2.13. The molecule has 0 saturated heterocycles. The smallest absolute Gasteiger partial charge is 0.406 e. The summed E-state index contributed by atoms with van der Waals surface area (Å²) in [5.74, 6) is -1.23. The summed E-state index contributed by atoms with van der Waals surface area (Å²) in [5.41, 5.74) is -0.104. The summed E-state index contributed by atoms with van der Waals surface area (Å²) < 4.78 is 79.2. The molecule has 0 aliphatic carbocycles. The van der Waals surface area contributed by atoms with Crippen LogP contribution in [0.4, 0.5) is 26.3 Å². The van der Waals surface area contributed by atoms with Crippen LogP contribution in [0.25, 0.3) is 0 Å². The van der Waals surface area contributed by atoms with Crippen LogP contribution in [-0.4, -0.2) is 31.5 Å². The van der Waals surface area contributed by atoms with Crippen LogP contribution in [0, 0.1) is 0 Å². The molecule has 0 N–H and O–H groups in total. The SMILES string of the molecule is O=C(CCOCC(F)(F)F)c1cccc(OC(F)(F)F)c1. The van der Waals surface area contributed by atoms with Crippen LogP contribution in [0.15, 0.2) is 24.3 Å². The highest BCUT2D eigenvalue weighted by Crippen LogP contribution is 2.23. The Hall–Kier alpha value is -1.77. The lowest BCUT2D eigenvalue weighted by atomic mass is 10.1. The lowest BCUT2D eigenvalue weighted by Crippen LogP contribution is -2.18. The molecule has 0 aromatic heterocycles. The van der Waals surface area contributed by atoms with E-state index in [-0.39, 0.29) is 12.0 Å². The topological polar surface area (TPSA) is 35.5 Å². The maximum Gasteiger partial charge on any atom is 0.573 e. The Balaban J connectivity index is 2.53. The second-order valence-corrected chi connectivity index (χ2v) is 3.92. The van der Waals surface area contributed by atoms with Crippen molar-refractivity contribution in [2.24, 2.45) is 0 Å². The largest absolute Gasteiger partial charge is 0.573 e. The predicted octanol–water partition coefficient (Wildman–Crippen LogP) is 3.74. The molecule has 0 atom stereocenters. The average molecular weight is 316 g/mol. The first kappa shape index (κ1) is 17.3. The number of alkyl halides is 6. The van der Waals surface area contributed by atoms with E-state index in [1.54, 1.807) is 0 Å². The molecule has 0 radical (unpaired) electrons. The Morgan fingerprint density at radius 2 is 1.76 bits per heavy atom. The molecule has 3 nitrogen and oxygen atoms in total. The zero-order valence-electron chi connectivity index (χ0n) is 10.4. The number of carbonyl (C=O) groups is 1. The lowest BCUT2D eigenvalue weighted by Gasteiger charge is -2.10. The summed E-state index contributed by atoms with van der Waals surface area (Å²) in [7, 11) is 0. The van der Waals surface area contributed by atoms with Gasteiger partial charge in [-0.05, 0) is 12.1 Å². The van der Waals surface area contributed by atoms with Gasteiger partial charge in [0.15, 0.2) is 5.78 Å². The van der Waals surface area contributed by atoms with Gasteiger partial charge >= 0.3 is 12.5 Å². The van der Waals surface area contributed by atoms with Crippen molar-refractivity contribution in [3.8, 4) is 5.75 Å². The molecule has 0 heterocycles. The monoisotopic (exact) mass is 316 g/mol. The Labute approximate surface area is 115 Å². The quantitative estimate of drug-likeness (QED) is 0.456. The van der Waals surface area contributed by atoms with Gasteiger partial charge in [-0.2, -0.15) is 13.2 Å². The van der Waals surface area contributed by atoms with Gasteiger partial charge in [0.1, 0.15) is 12.4 Å². The number of carbonyl (C=O) groups excluding carboxylic acids is 1. The van der Waals surface area contributed by atoms with E-state index in [0.717, 1.165) is 12.1 Å². The van der Waals surface area contributed by atoms with Gasteiger partial charge in [-0.25, -0.2) is 0 Å². The number of benzene rings is 1. The van der Waals surface area contributed by atoms with Crippen LogP contribution in [0.3, 0.4) is 0 Å². The van der Waals surface area contributed by atoms with Crippen molar-refractivity contribution in [3.63, 3.8) is 0 Å². The van der Waals surface area contributed by atoms with Crippen molar-refractivity contribution in [2.45, 2.75) is 19.0 Å². The molecule has 21 heavy (non-hydrogen) atoms. The fourth-order valence-corrected chi connectivity index (χ4v) is 1.36. The molecule has 0 bridgehead atoms. The van der Waals surface area contributed by atoms with Gasteiger partial charge in [0.05, 0.1) is 6.61 Å². The summed E-state index contributed by atoms with van der Waals surface area (Å²) in [5, 5.41) is 0. The molecule has 0 saturated carbocycles. The number of Topliss-reactive ketones (excluding diaryl/α,β-unsaturated/α-hetero) is 1. The van der Waals surface area contributed by atoms with Gasteiger partial charge in [-0.15, -0.1) is 13.2 Å². The van der Waals surface area contributed by atoms with Crippen LogP contribution in [-0.2, 0) is 4.74 Å². The van der Waals surface area contributed by atoms with Crippen molar-refractivity contribution >= 4 is 5.78 Å². The van der Waals surface area contributed by atoms with Crippen molar-refractivity contribution in [3.05, 3.63) is 29.8 Å². The van der Waals surface area contributed by atoms with Gasteiger partial charge in [0.25, 0.3) is 0 Å². The number of hydrogen-bond donors (Lipinski definition) is 0. The Kier molecular flexibility index (Phi) is 5.59. The molecule has 0 spiro atoms. The second kappa shape index (κ2) is 6.79. The van der Waals surface area contributed by atoms with Crippen molar-refractivity contribution < 1.29 is 40.6 Å². The van der Waals surface area contributed by atoms with Gasteiger partial charge in [0, 0.05) is 12.0 Å². The summed E-state index contributed by atoms with van der Waals surface area (Å²) in [6.45, 7) is -1.97. The number of rotatable bonds is 6. The summed E-state index contributed by atoms with van der Waals surface area (Å²) in [6.07, 6.45) is -9.77. The third-order valence-electron chi connectivity index (χ3n) is 2.13. The molecule has 9 heteroatoms. The van der Waals surface area contributed by atoms with Gasteiger partial charge in [-0.3, -0.25) is 4.79 Å². The standard InChI is InChI=1S/C12H10F6O3/c13-11(14,15)7-20-5-4-10(19)8-2-1-3-9(6-8)21-12(16,17)18/h1-3,6H,4-5,7H2. The van der Waals surface area contributed by atoms with Crippen LogP contribution < -0.4 is 4.74 Å². The minimum atomic E-state index is -4.89. The van der Waals surface area contributed by atoms with Gasteiger partial charge < -0.3 is 9.47 Å². The molecule has 0 fully saturated rings. The fourth-order valence-electron chi connectivity index (χ4n) is 1.36. The molecule has 1 rings (SSSR count). The van der Waals surface area contributed by atoms with Crippen LogP contribution >= 0.6 is 0 Å². The van der Waals surface area contributed by atoms with Crippen LogP contribution in [0.5, 0.6) is 5.75 Å². The molecule has 1 aromatic rings. The van der Waals surface area contributed by atoms with E-state index in [1.165, 1.54) is 12.1 Å². The molecular weight excluding hydrogens is 306 g/mol. The Morgan fingerprint density at radius 3 is 2.33 bits per heavy atom. The highest BCUT2D eigenvalue weighted by molar-refractivity contribution is 5.96. The minimum absolute atomic E-state index is 0.104. The predicted molar refractivity (Wildman–Crippen MR) is 58.9 cm³/mol. The zero-order valence-corrected chi connectivity index (χ0v) is 10.4. The average Bonchev–Trinajstić information content (AvgIpc) is 2.31. The lowest BCUT2D eigenvalue weighted by molar-refractivity contribution is -0.274. The van der Waals surface area contributed by atoms with Crippen LogP contribution in [0.2, 0.25) is 0 Å². The highest BCUT2D eigenvalue weighted by atomic mass is 19.4. The first-order valence-electron chi connectivity index (χ1n) is 5.60. The summed E-state index contributed by atoms with van der Waals surface area (Å²) in [6, 6.07) is 4.27. The maximum atomic E-state index is 12.0. The third kappa shape index (κ3) is 7.54. The van der Waals surface area contributed by atoms with E-state index in [1.807, 2.05) is 0 Å².